The van der Waals surface area contributed by atoms with Crippen molar-refractivity contribution in [1.29, 1.82) is 0 Å². The van der Waals surface area contributed by atoms with Gasteiger partial charge in [0, 0.05) is 22.8 Å². The lowest BCUT2D eigenvalue weighted by molar-refractivity contribution is -0.344. The number of unbranched alkanes of at least 4 members (excludes halogenated alkanes) is 9. The summed E-state index contributed by atoms with van der Waals surface area (Å²) in [4.78, 5) is 0. The van der Waals surface area contributed by atoms with E-state index in [1.807, 2.05) is 0 Å². The molecule has 0 saturated carbocycles. The zero-order chi connectivity index (χ0) is 28.7. The molecular weight excluding hydrogens is 484 g/mol. The number of allylic oxidation sites excluding steroid dienone is 2. The van der Waals surface area contributed by atoms with Crippen molar-refractivity contribution < 1.29 is 4.70 Å². The van der Waals surface area contributed by atoms with Gasteiger partial charge in [0.05, 0.1) is 0 Å². The molecule has 0 radical (unpaired) electrons. The fourth-order valence-corrected chi connectivity index (χ4v) is 6.02. The number of nitrogens with zero attached hydrogens (tertiary/aromatic N) is 2. The Morgan fingerprint density at radius 3 is 1.52 bits per heavy atom. The van der Waals surface area contributed by atoms with E-state index >= 15 is 0 Å². The highest BCUT2D eigenvalue weighted by Crippen LogP contribution is 2.39. The molecule has 0 atom stereocenters. The van der Waals surface area contributed by atoms with Crippen molar-refractivity contribution in [2.75, 3.05) is 0 Å². The fraction of sp³-hybridized carbons (Fsp3) is 0.579. The Morgan fingerprint density at radius 2 is 0.950 bits per heavy atom. The Kier molecular flexibility index (Phi) is 13.9. The van der Waals surface area contributed by atoms with Crippen LogP contribution >= 0.6 is 0 Å². The molecule has 0 N–H and O–H groups in total. The lowest BCUT2D eigenvalue weighted by Gasteiger charge is -2.14. The predicted molar refractivity (Wildman–Crippen MR) is 175 cm³/mol. The van der Waals surface area contributed by atoms with E-state index in [-0.39, 0.29) is 0 Å². The first-order chi connectivity index (χ1) is 19.5. The summed E-state index contributed by atoms with van der Waals surface area (Å²) in [6.07, 6.45) is 22.7. The first-order valence-corrected chi connectivity index (χ1v) is 16.7. The fourth-order valence-electron chi connectivity index (χ4n) is 6.02. The second-order valence-electron chi connectivity index (χ2n) is 11.9. The normalized spacial score (nSPS) is 13.4. The highest BCUT2D eigenvalue weighted by atomic mass is 15.2. The zero-order valence-electron chi connectivity index (χ0n) is 26.5. The Balaban J connectivity index is 1.96. The minimum absolute atomic E-state index is 0.942. The molecule has 0 unspecified atom stereocenters. The summed E-state index contributed by atoms with van der Waals surface area (Å²) in [7, 11) is 0. The van der Waals surface area contributed by atoms with Gasteiger partial charge in [-0.15, -0.1) is 0 Å². The van der Waals surface area contributed by atoms with Crippen molar-refractivity contribution in [1.82, 2.24) is 0 Å². The Bertz CT molecular complexity index is 1150. The zero-order valence-corrected chi connectivity index (χ0v) is 26.5. The van der Waals surface area contributed by atoms with E-state index in [0.717, 1.165) is 49.1 Å². The highest BCUT2D eigenvalue weighted by Gasteiger charge is 2.29. The molecule has 2 nitrogen and oxygen atoms in total. The average Bonchev–Trinajstić information content (AvgIpc) is 3.30. The van der Waals surface area contributed by atoms with Gasteiger partial charge in [-0.2, -0.15) is 0 Å². The molecule has 1 heterocycles. The van der Waals surface area contributed by atoms with Crippen LogP contribution in [0.3, 0.4) is 0 Å². The van der Waals surface area contributed by atoms with Crippen molar-refractivity contribution in [2.24, 2.45) is 0 Å². The van der Waals surface area contributed by atoms with Crippen molar-refractivity contribution in [3.63, 3.8) is 0 Å². The molecule has 40 heavy (non-hydrogen) atoms. The third-order valence-corrected chi connectivity index (χ3v) is 8.48. The molecule has 0 spiro atoms. The van der Waals surface area contributed by atoms with E-state index in [4.69, 9.17) is 0 Å². The van der Waals surface area contributed by atoms with Gasteiger partial charge >= 0.3 is 0 Å². The highest BCUT2D eigenvalue weighted by molar-refractivity contribution is 5.79. The van der Waals surface area contributed by atoms with Gasteiger partial charge in [0.25, 0.3) is 0 Å². The number of aryl methyl sites for hydroxylation is 4. The quantitative estimate of drug-likeness (QED) is 0.125. The van der Waals surface area contributed by atoms with Gasteiger partial charge in [-0.1, -0.05) is 105 Å². The van der Waals surface area contributed by atoms with E-state index < -0.39 is 0 Å². The molecule has 2 aromatic carbocycles. The van der Waals surface area contributed by atoms with Crippen LogP contribution in [0.2, 0.25) is 0 Å². The van der Waals surface area contributed by atoms with Gasteiger partial charge in [0.15, 0.2) is 0 Å². The second kappa shape index (κ2) is 17.4. The van der Waals surface area contributed by atoms with Crippen LogP contribution in [0.5, 0.6) is 0 Å². The van der Waals surface area contributed by atoms with E-state index in [1.165, 1.54) is 115 Å². The Morgan fingerprint density at radius 1 is 0.500 bits per heavy atom. The molecule has 0 amide bonds. The first-order valence-electron chi connectivity index (χ1n) is 16.7. The summed E-state index contributed by atoms with van der Waals surface area (Å²) in [6.45, 7) is 11.3. The number of benzene rings is 2. The predicted octanol–water partition coefficient (Wildman–Crippen LogP) is 11.8. The summed E-state index contributed by atoms with van der Waals surface area (Å²) < 4.78 is 1.53. The first kappa shape index (κ1) is 32.0. The molecule has 0 aromatic heterocycles. The molecule has 0 saturated heterocycles. The Hall–Kier alpha value is -2.48. The SMILES string of the molecule is CCCCCCCCC1=C(c2cc(CC)cc(CCCCC)c2)[N+](=[N-])C(c2cc(CC)cc(CCCCC)c2)=C1. The molecule has 1 aliphatic heterocycles. The van der Waals surface area contributed by atoms with E-state index in [2.05, 4.69) is 77.1 Å². The molecule has 1 aliphatic rings. The Labute approximate surface area is 246 Å². The van der Waals surface area contributed by atoms with Crippen LogP contribution in [0.15, 0.2) is 48.0 Å². The van der Waals surface area contributed by atoms with Crippen molar-refractivity contribution in [2.45, 2.75) is 144 Å². The smallest absolute Gasteiger partial charge is 0.210 e. The molecule has 0 aliphatic carbocycles. The monoisotopic (exact) mass is 540 g/mol. The van der Waals surface area contributed by atoms with Gasteiger partial charge in [-0.25, -0.2) is 4.70 Å². The molecule has 2 aromatic rings. The van der Waals surface area contributed by atoms with Gasteiger partial charge in [-0.3, -0.25) is 0 Å². The summed E-state index contributed by atoms with van der Waals surface area (Å²) >= 11 is 0. The molecule has 218 valence electrons. The van der Waals surface area contributed by atoms with E-state index in [0.29, 0.717) is 0 Å². The van der Waals surface area contributed by atoms with Crippen LogP contribution in [-0.4, -0.2) is 4.70 Å². The van der Waals surface area contributed by atoms with Crippen LogP contribution in [0.1, 0.15) is 151 Å². The van der Waals surface area contributed by atoms with Crippen molar-refractivity contribution in [3.8, 4) is 0 Å². The van der Waals surface area contributed by atoms with Gasteiger partial charge in [0.2, 0.25) is 11.4 Å². The molecule has 0 bridgehead atoms. The van der Waals surface area contributed by atoms with Crippen LogP contribution in [-0.2, 0) is 25.7 Å². The summed E-state index contributed by atoms with van der Waals surface area (Å²) in [5.74, 6) is 0. The van der Waals surface area contributed by atoms with Gasteiger partial charge in [0.1, 0.15) is 0 Å². The van der Waals surface area contributed by atoms with Crippen LogP contribution < -0.4 is 0 Å². The van der Waals surface area contributed by atoms with Gasteiger partial charge < -0.3 is 5.53 Å². The van der Waals surface area contributed by atoms with Crippen molar-refractivity contribution in [3.05, 3.63) is 87.0 Å². The molecular formula is C38H56N2. The molecule has 3 rings (SSSR count). The van der Waals surface area contributed by atoms with Crippen LogP contribution in [0.25, 0.3) is 16.9 Å². The van der Waals surface area contributed by atoms with Crippen LogP contribution in [0, 0.1) is 0 Å². The number of hydrogen-bond donors (Lipinski definition) is 0. The summed E-state index contributed by atoms with van der Waals surface area (Å²) in [6, 6.07) is 14.0. The maximum atomic E-state index is 11.8. The van der Waals surface area contributed by atoms with Gasteiger partial charge in [-0.05, 0) is 97.9 Å². The third kappa shape index (κ3) is 9.28. The lowest BCUT2D eigenvalue weighted by Crippen LogP contribution is -2.05. The minimum Gasteiger partial charge on any atom is -0.493 e. The summed E-state index contributed by atoms with van der Waals surface area (Å²) in [5.41, 5.74) is 22.9. The molecule has 0 fully saturated rings. The average molecular weight is 541 g/mol. The van der Waals surface area contributed by atoms with E-state index in [1.54, 1.807) is 0 Å². The number of rotatable bonds is 19. The lowest BCUT2D eigenvalue weighted by atomic mass is 9.95. The van der Waals surface area contributed by atoms with Crippen LogP contribution in [0.4, 0.5) is 0 Å². The standard InChI is InChI=1S/C38H56N2/c1-6-11-14-15-16-19-22-34-29-37(35-25-30(9-4)23-32(27-35)20-17-12-7-2)40(39)38(34)36-26-31(10-5)24-33(28-36)21-18-13-8-3/h23-29H,6-22H2,1-5H3. The topological polar surface area (TPSA) is 25.3 Å². The maximum Gasteiger partial charge on any atom is 0.210 e. The van der Waals surface area contributed by atoms with Crippen molar-refractivity contribution >= 4 is 11.4 Å². The largest absolute Gasteiger partial charge is 0.493 e. The molecule has 2 heteroatoms. The summed E-state index contributed by atoms with van der Waals surface area (Å²) in [5, 5.41) is 0. The number of hydrogen-bond acceptors (Lipinski definition) is 0. The third-order valence-electron chi connectivity index (χ3n) is 8.48. The minimum atomic E-state index is 0.942. The van der Waals surface area contributed by atoms with E-state index in [9.17, 15) is 5.53 Å². The maximum absolute atomic E-state index is 11.8. The second-order valence-corrected chi connectivity index (χ2v) is 11.9.